The smallest absolute Gasteiger partial charge is 0.290 e. The van der Waals surface area contributed by atoms with E-state index < -0.39 is 5.56 Å². The molecule has 0 amide bonds. The lowest BCUT2D eigenvalue weighted by Crippen LogP contribution is -2.21. The minimum absolute atomic E-state index is 0.162. The topological polar surface area (TPSA) is 138 Å². The summed E-state index contributed by atoms with van der Waals surface area (Å²) in [7, 11) is 0. The third kappa shape index (κ3) is 3.75. The van der Waals surface area contributed by atoms with Crippen LogP contribution in [0.1, 0.15) is 31.2 Å². The first-order valence-corrected chi connectivity index (χ1v) is 10.8. The molecule has 3 N–H and O–H groups in total. The lowest BCUT2D eigenvalue weighted by molar-refractivity contribution is 0.689. The molecule has 0 aliphatic rings. The third-order valence-electron chi connectivity index (χ3n) is 5.67. The van der Waals surface area contributed by atoms with Crippen molar-refractivity contribution in [1.82, 2.24) is 40.4 Å². The molecule has 0 bridgehead atoms. The lowest BCUT2D eigenvalue weighted by Gasteiger charge is -2.15. The maximum atomic E-state index is 12.7. The maximum absolute atomic E-state index is 12.7. The summed E-state index contributed by atoms with van der Waals surface area (Å²) >= 11 is 0. The van der Waals surface area contributed by atoms with E-state index in [0.717, 1.165) is 40.9 Å². The Morgan fingerprint density at radius 2 is 1.64 bits per heavy atom. The number of aromatic nitrogens is 8. The Labute approximate surface area is 187 Å². The zero-order valence-corrected chi connectivity index (χ0v) is 18.0. The molecule has 3 aromatic heterocycles. The van der Waals surface area contributed by atoms with Gasteiger partial charge in [0.25, 0.3) is 11.1 Å². The van der Waals surface area contributed by atoms with Crippen LogP contribution in [0.15, 0.2) is 58.1 Å². The zero-order valence-electron chi connectivity index (χ0n) is 18.0. The first kappa shape index (κ1) is 20.6. The standard InChI is InChI=1S/C23H22N8O2/c1-2-3-12-18-24-19-20(23(33)28-27-22(19)32)31(18)13-14-8-4-5-9-15(14)16-10-6-7-11-17(16)21-25-29-30-26-21/h4-11H,2-3,12-13H2,1H3,(H,27,32)(H,28,33)(H,25,26,29,30). The molecular weight excluding hydrogens is 420 g/mol. The average Bonchev–Trinajstić information content (AvgIpc) is 3.50. The van der Waals surface area contributed by atoms with Crippen LogP contribution in [0.3, 0.4) is 0 Å². The van der Waals surface area contributed by atoms with Gasteiger partial charge in [-0.05, 0) is 28.3 Å². The molecular formula is C23H22N8O2. The van der Waals surface area contributed by atoms with Crippen LogP contribution in [-0.4, -0.2) is 40.4 Å². The SMILES string of the molecule is CCCCc1nc2c(=O)[nH][nH]c(=O)c2n1Cc1ccccc1-c1ccccc1-c1nn[nH]n1. The summed E-state index contributed by atoms with van der Waals surface area (Å²) in [5, 5.41) is 19.3. The number of nitrogens with zero attached hydrogens (tertiary/aromatic N) is 5. The number of aromatic amines is 3. The Bertz CT molecular complexity index is 1530. The van der Waals surface area contributed by atoms with E-state index in [9.17, 15) is 9.59 Å². The summed E-state index contributed by atoms with van der Waals surface area (Å²) in [5.41, 5.74) is 3.41. The first-order valence-electron chi connectivity index (χ1n) is 10.8. The number of aryl methyl sites for hydroxylation is 1. The Balaban J connectivity index is 1.68. The van der Waals surface area contributed by atoms with Gasteiger partial charge in [-0.15, -0.1) is 10.2 Å². The van der Waals surface area contributed by atoms with Gasteiger partial charge >= 0.3 is 0 Å². The van der Waals surface area contributed by atoms with Gasteiger partial charge in [0, 0.05) is 12.0 Å². The molecule has 33 heavy (non-hydrogen) atoms. The molecule has 2 aromatic carbocycles. The van der Waals surface area contributed by atoms with Crippen molar-refractivity contribution in [2.24, 2.45) is 0 Å². The Morgan fingerprint density at radius 1 is 0.909 bits per heavy atom. The predicted molar refractivity (Wildman–Crippen MR) is 124 cm³/mol. The van der Waals surface area contributed by atoms with Gasteiger partial charge in [0.15, 0.2) is 5.52 Å². The van der Waals surface area contributed by atoms with E-state index in [1.807, 2.05) is 53.1 Å². The van der Waals surface area contributed by atoms with E-state index in [0.29, 0.717) is 18.8 Å². The molecule has 0 aliphatic carbocycles. The van der Waals surface area contributed by atoms with Gasteiger partial charge in [-0.2, -0.15) is 5.21 Å². The summed E-state index contributed by atoms with van der Waals surface area (Å²) in [6.07, 6.45) is 2.55. The predicted octanol–water partition coefficient (Wildman–Crippen LogP) is 2.65. The number of tetrazole rings is 1. The van der Waals surface area contributed by atoms with Gasteiger partial charge in [0.05, 0.1) is 6.54 Å². The van der Waals surface area contributed by atoms with Crippen LogP contribution in [0.2, 0.25) is 0 Å². The Morgan fingerprint density at radius 3 is 2.39 bits per heavy atom. The number of imidazole rings is 1. The molecule has 3 heterocycles. The molecule has 0 saturated carbocycles. The summed E-state index contributed by atoms with van der Waals surface area (Å²) in [5.74, 6) is 1.22. The number of H-pyrrole nitrogens is 3. The lowest BCUT2D eigenvalue weighted by atomic mass is 9.95. The fourth-order valence-corrected chi connectivity index (χ4v) is 4.10. The van der Waals surface area contributed by atoms with Crippen molar-refractivity contribution in [2.75, 3.05) is 0 Å². The second-order valence-electron chi connectivity index (χ2n) is 7.76. The number of hydrogen-bond acceptors (Lipinski definition) is 6. The fourth-order valence-electron chi connectivity index (χ4n) is 4.10. The molecule has 5 rings (SSSR count). The van der Waals surface area contributed by atoms with E-state index in [4.69, 9.17) is 0 Å². The van der Waals surface area contributed by atoms with Crippen molar-refractivity contribution in [3.8, 4) is 22.5 Å². The second kappa shape index (κ2) is 8.65. The molecule has 10 heteroatoms. The number of benzene rings is 2. The monoisotopic (exact) mass is 442 g/mol. The number of fused-ring (bicyclic) bond motifs is 1. The third-order valence-corrected chi connectivity index (χ3v) is 5.67. The number of unbranched alkanes of at least 4 members (excludes halogenated alkanes) is 1. The molecule has 0 aliphatic heterocycles. The minimum atomic E-state index is -0.406. The van der Waals surface area contributed by atoms with E-state index >= 15 is 0 Å². The molecule has 0 fully saturated rings. The quantitative estimate of drug-likeness (QED) is 0.354. The van der Waals surface area contributed by atoms with E-state index in [1.165, 1.54) is 0 Å². The number of rotatable bonds is 7. The van der Waals surface area contributed by atoms with Gasteiger partial charge in [-0.3, -0.25) is 19.8 Å². The van der Waals surface area contributed by atoms with Crippen molar-refractivity contribution in [2.45, 2.75) is 32.7 Å². The fraction of sp³-hybridized carbons (Fsp3) is 0.217. The highest BCUT2D eigenvalue weighted by Gasteiger charge is 2.19. The van der Waals surface area contributed by atoms with Crippen LogP contribution in [0.25, 0.3) is 33.5 Å². The summed E-state index contributed by atoms with van der Waals surface area (Å²) in [4.78, 5) is 29.6. The van der Waals surface area contributed by atoms with Crippen molar-refractivity contribution < 1.29 is 0 Å². The molecule has 10 nitrogen and oxygen atoms in total. The van der Waals surface area contributed by atoms with Gasteiger partial charge in [0.2, 0.25) is 5.82 Å². The van der Waals surface area contributed by atoms with Crippen molar-refractivity contribution >= 4 is 11.0 Å². The first-order chi connectivity index (χ1) is 16.2. The molecule has 0 atom stereocenters. The minimum Gasteiger partial charge on any atom is -0.319 e. The highest BCUT2D eigenvalue weighted by molar-refractivity contribution is 5.82. The van der Waals surface area contributed by atoms with Crippen molar-refractivity contribution in [3.63, 3.8) is 0 Å². The van der Waals surface area contributed by atoms with Gasteiger partial charge < -0.3 is 4.57 Å². The van der Waals surface area contributed by atoms with E-state index in [-0.39, 0.29) is 16.6 Å². The van der Waals surface area contributed by atoms with Crippen LogP contribution in [0.5, 0.6) is 0 Å². The average molecular weight is 442 g/mol. The molecule has 0 unspecified atom stereocenters. The Hall–Kier alpha value is -4.34. The van der Waals surface area contributed by atoms with Gasteiger partial charge in [-0.1, -0.05) is 61.9 Å². The second-order valence-corrected chi connectivity index (χ2v) is 7.76. The van der Waals surface area contributed by atoms with Gasteiger partial charge in [-0.25, -0.2) is 4.98 Å². The summed E-state index contributed by atoms with van der Waals surface area (Å²) in [6.45, 7) is 2.48. The molecule has 0 radical (unpaired) electrons. The van der Waals surface area contributed by atoms with Crippen LogP contribution in [0.4, 0.5) is 0 Å². The highest BCUT2D eigenvalue weighted by Crippen LogP contribution is 2.32. The van der Waals surface area contributed by atoms with E-state index in [1.54, 1.807) is 0 Å². The normalized spacial score (nSPS) is 11.3. The van der Waals surface area contributed by atoms with Crippen LogP contribution in [0, 0.1) is 0 Å². The summed E-state index contributed by atoms with van der Waals surface area (Å²) in [6, 6.07) is 15.8. The number of nitrogens with one attached hydrogen (secondary N) is 3. The number of hydrogen-bond donors (Lipinski definition) is 3. The molecule has 0 saturated heterocycles. The zero-order chi connectivity index (χ0) is 22.8. The largest absolute Gasteiger partial charge is 0.319 e. The van der Waals surface area contributed by atoms with Crippen molar-refractivity contribution in [1.29, 1.82) is 0 Å². The van der Waals surface area contributed by atoms with Crippen LogP contribution < -0.4 is 11.1 Å². The van der Waals surface area contributed by atoms with Crippen LogP contribution >= 0.6 is 0 Å². The molecule has 5 aromatic rings. The molecule has 166 valence electrons. The van der Waals surface area contributed by atoms with Crippen LogP contribution in [-0.2, 0) is 13.0 Å². The maximum Gasteiger partial charge on any atom is 0.290 e. The summed E-state index contributed by atoms with van der Waals surface area (Å²) < 4.78 is 1.86. The van der Waals surface area contributed by atoms with E-state index in [2.05, 4.69) is 42.7 Å². The van der Waals surface area contributed by atoms with Gasteiger partial charge in [0.1, 0.15) is 11.3 Å². The molecule has 0 spiro atoms. The van der Waals surface area contributed by atoms with Crippen molar-refractivity contribution in [3.05, 3.63) is 80.6 Å². The Kier molecular flexibility index (Phi) is 5.39. The highest BCUT2D eigenvalue weighted by atomic mass is 16.1.